The number of aliphatic hydroxyl groups is 1. The fourth-order valence-electron chi connectivity index (χ4n) is 4.82. The number of rotatable bonds is 8. The van der Waals surface area contributed by atoms with Crippen LogP contribution in [0.25, 0.3) is 11.1 Å². The lowest BCUT2D eigenvalue weighted by Crippen LogP contribution is -2.48. The monoisotopic (exact) mass is 528 g/mol. The fraction of sp³-hybridized carbons (Fsp3) is 0.333. The molecule has 1 aliphatic rings. The van der Waals surface area contributed by atoms with Gasteiger partial charge in [-0.05, 0) is 78.8 Å². The molecule has 0 radical (unpaired) electrons. The Balaban J connectivity index is 0.00000228. The summed E-state index contributed by atoms with van der Waals surface area (Å²) in [5.74, 6) is 0.254. The van der Waals surface area contributed by atoms with Crippen LogP contribution < -0.4 is 4.90 Å². The zero-order chi connectivity index (χ0) is 23.9. The number of allylic oxidation sites excluding steroid dienone is 1. The van der Waals surface area contributed by atoms with Crippen molar-refractivity contribution in [2.45, 2.75) is 32.7 Å². The van der Waals surface area contributed by atoms with Crippen LogP contribution in [-0.4, -0.2) is 53.9 Å². The molecule has 0 bridgehead atoms. The van der Waals surface area contributed by atoms with Gasteiger partial charge in [-0.3, -0.25) is 4.90 Å². The van der Waals surface area contributed by atoms with Gasteiger partial charge in [-0.1, -0.05) is 54.6 Å². The quantitative estimate of drug-likeness (QED) is 0.327. The maximum atomic E-state index is 10.2. The second kappa shape index (κ2) is 14.3. The number of benzene rings is 3. The molecule has 36 heavy (non-hydrogen) atoms. The number of aliphatic hydroxyl groups excluding tert-OH is 1. The minimum absolute atomic E-state index is 0. The number of nitrogens with zero attached hydrogens (tertiary/aromatic N) is 2. The van der Waals surface area contributed by atoms with E-state index in [1.165, 1.54) is 11.3 Å². The minimum atomic E-state index is 0. The van der Waals surface area contributed by atoms with Crippen LogP contribution in [0.4, 0.5) is 5.69 Å². The summed E-state index contributed by atoms with van der Waals surface area (Å²) in [6.07, 6.45) is 1.44. The Hall–Kier alpha value is -2.50. The van der Waals surface area contributed by atoms with Gasteiger partial charge >= 0.3 is 0 Å². The molecule has 0 spiro atoms. The molecule has 4 rings (SSSR count). The van der Waals surface area contributed by atoms with Crippen LogP contribution in [-0.2, 0) is 0 Å². The van der Waals surface area contributed by atoms with Crippen molar-refractivity contribution in [2.75, 3.05) is 37.7 Å². The largest absolute Gasteiger partial charge is 0.508 e. The maximum Gasteiger partial charge on any atom is 0.116 e. The van der Waals surface area contributed by atoms with E-state index in [4.69, 9.17) is 0 Å². The summed E-state index contributed by atoms with van der Waals surface area (Å²) >= 11 is 0. The summed E-state index contributed by atoms with van der Waals surface area (Å²) in [6.45, 7) is 8.93. The Kier molecular flexibility index (Phi) is 11.8. The molecule has 0 atom stereocenters. The predicted molar refractivity (Wildman–Crippen MR) is 157 cm³/mol. The van der Waals surface area contributed by atoms with Crippen LogP contribution in [0, 0.1) is 0 Å². The number of hydrogen-bond acceptors (Lipinski definition) is 4. The average molecular weight is 530 g/mol. The highest BCUT2D eigenvalue weighted by Crippen LogP contribution is 2.37. The summed E-state index contributed by atoms with van der Waals surface area (Å²) in [4.78, 5) is 4.99. The standard InChI is InChI=1S/C30H36N2O2.2ClH/c1-23(2)31-17-19-32(20-18-31)27-15-13-25(14-16-27)30(26-10-6-11-28(34)22-26)29(12-7-21-33)24-8-4-3-5-9-24;;/h3-6,8-11,13-16,22-23,33-34H,7,12,17-21H2,1-2H3;2*1H. The number of phenolic OH excluding ortho intramolecular Hbond substituents is 1. The maximum absolute atomic E-state index is 10.2. The van der Waals surface area contributed by atoms with Crippen molar-refractivity contribution in [2.24, 2.45) is 0 Å². The zero-order valence-corrected chi connectivity index (χ0v) is 22.8. The molecule has 0 aromatic heterocycles. The van der Waals surface area contributed by atoms with Crippen LogP contribution in [0.1, 0.15) is 43.4 Å². The first-order valence-corrected chi connectivity index (χ1v) is 12.3. The number of halogens is 2. The molecule has 3 aromatic carbocycles. The molecular weight excluding hydrogens is 491 g/mol. The van der Waals surface area contributed by atoms with E-state index >= 15 is 0 Å². The van der Waals surface area contributed by atoms with E-state index in [0.717, 1.165) is 54.9 Å². The first-order valence-electron chi connectivity index (χ1n) is 12.3. The van der Waals surface area contributed by atoms with E-state index in [1.807, 2.05) is 30.3 Å². The van der Waals surface area contributed by atoms with Crippen LogP contribution in [0.3, 0.4) is 0 Å². The number of anilines is 1. The number of aromatic hydroxyl groups is 1. The normalized spacial score (nSPS) is 14.6. The van der Waals surface area contributed by atoms with Crippen molar-refractivity contribution in [3.63, 3.8) is 0 Å². The van der Waals surface area contributed by atoms with E-state index in [-0.39, 0.29) is 37.2 Å². The number of hydrogen-bond donors (Lipinski definition) is 2. The lowest BCUT2D eigenvalue weighted by Gasteiger charge is -2.38. The molecule has 1 aliphatic heterocycles. The lowest BCUT2D eigenvalue weighted by molar-refractivity contribution is 0.209. The second-order valence-electron chi connectivity index (χ2n) is 9.26. The fourth-order valence-corrected chi connectivity index (χ4v) is 4.82. The van der Waals surface area contributed by atoms with Gasteiger partial charge < -0.3 is 15.1 Å². The van der Waals surface area contributed by atoms with Crippen molar-refractivity contribution in [1.82, 2.24) is 4.90 Å². The first-order chi connectivity index (χ1) is 16.6. The van der Waals surface area contributed by atoms with Gasteiger partial charge in [0.25, 0.3) is 0 Å². The molecule has 0 aliphatic carbocycles. The number of phenols is 1. The molecule has 4 nitrogen and oxygen atoms in total. The van der Waals surface area contributed by atoms with Gasteiger partial charge in [0.15, 0.2) is 0 Å². The summed E-state index contributed by atoms with van der Waals surface area (Å²) in [5, 5.41) is 19.8. The van der Waals surface area contributed by atoms with Crippen LogP contribution in [0.5, 0.6) is 5.75 Å². The Labute approximate surface area is 228 Å². The second-order valence-corrected chi connectivity index (χ2v) is 9.26. The molecule has 194 valence electrons. The summed E-state index contributed by atoms with van der Waals surface area (Å²) in [7, 11) is 0. The molecular formula is C30H38Cl2N2O2. The topological polar surface area (TPSA) is 46.9 Å². The van der Waals surface area contributed by atoms with Gasteiger partial charge in [0, 0.05) is 44.5 Å². The molecule has 0 saturated carbocycles. The Bertz CT molecular complexity index is 1090. The molecule has 1 saturated heterocycles. The van der Waals surface area contributed by atoms with E-state index in [0.29, 0.717) is 12.5 Å². The smallest absolute Gasteiger partial charge is 0.116 e. The van der Waals surface area contributed by atoms with Gasteiger partial charge in [0.1, 0.15) is 5.75 Å². The zero-order valence-electron chi connectivity index (χ0n) is 21.1. The Morgan fingerprint density at radius 2 is 1.42 bits per heavy atom. The highest BCUT2D eigenvalue weighted by Gasteiger charge is 2.20. The predicted octanol–water partition coefficient (Wildman–Crippen LogP) is 6.50. The van der Waals surface area contributed by atoms with Crippen molar-refractivity contribution >= 4 is 41.6 Å². The highest BCUT2D eigenvalue weighted by atomic mass is 35.5. The van der Waals surface area contributed by atoms with Gasteiger partial charge in [0.2, 0.25) is 0 Å². The van der Waals surface area contributed by atoms with Crippen molar-refractivity contribution in [3.05, 3.63) is 95.6 Å². The van der Waals surface area contributed by atoms with Crippen LogP contribution >= 0.6 is 24.8 Å². The third-order valence-electron chi connectivity index (χ3n) is 6.71. The van der Waals surface area contributed by atoms with E-state index in [9.17, 15) is 10.2 Å². The Morgan fingerprint density at radius 3 is 2.00 bits per heavy atom. The van der Waals surface area contributed by atoms with Gasteiger partial charge in [-0.2, -0.15) is 0 Å². The SMILES string of the molecule is CC(C)N1CCN(c2ccc(C(=C(CCCO)c3ccccc3)c3cccc(O)c3)cc2)CC1.Cl.Cl. The Morgan fingerprint density at radius 1 is 0.778 bits per heavy atom. The molecule has 0 amide bonds. The number of piperazine rings is 1. The molecule has 6 heteroatoms. The van der Waals surface area contributed by atoms with Crippen molar-refractivity contribution < 1.29 is 10.2 Å². The molecule has 1 fully saturated rings. The van der Waals surface area contributed by atoms with Crippen molar-refractivity contribution in [3.8, 4) is 5.75 Å². The van der Waals surface area contributed by atoms with Crippen molar-refractivity contribution in [1.29, 1.82) is 0 Å². The van der Waals surface area contributed by atoms with Crippen LogP contribution in [0.2, 0.25) is 0 Å². The summed E-state index contributed by atoms with van der Waals surface area (Å²) in [5.41, 5.74) is 6.77. The van der Waals surface area contributed by atoms with Crippen LogP contribution in [0.15, 0.2) is 78.9 Å². The van der Waals surface area contributed by atoms with E-state index in [2.05, 4.69) is 66.1 Å². The van der Waals surface area contributed by atoms with E-state index < -0.39 is 0 Å². The minimum Gasteiger partial charge on any atom is -0.508 e. The van der Waals surface area contributed by atoms with Gasteiger partial charge in [0.05, 0.1) is 0 Å². The lowest BCUT2D eigenvalue weighted by atomic mass is 9.87. The molecule has 3 aromatic rings. The summed E-state index contributed by atoms with van der Waals surface area (Å²) < 4.78 is 0. The highest BCUT2D eigenvalue weighted by molar-refractivity contribution is 5.99. The van der Waals surface area contributed by atoms with Gasteiger partial charge in [-0.15, -0.1) is 24.8 Å². The third-order valence-corrected chi connectivity index (χ3v) is 6.71. The molecule has 1 heterocycles. The van der Waals surface area contributed by atoms with Gasteiger partial charge in [-0.25, -0.2) is 0 Å². The molecule has 2 N–H and O–H groups in total. The molecule has 0 unspecified atom stereocenters. The average Bonchev–Trinajstić information content (AvgIpc) is 2.87. The third kappa shape index (κ3) is 7.27. The van der Waals surface area contributed by atoms with E-state index in [1.54, 1.807) is 6.07 Å². The summed E-state index contributed by atoms with van der Waals surface area (Å²) in [6, 6.07) is 27.3. The first kappa shape index (κ1) is 29.7.